The van der Waals surface area contributed by atoms with Gasteiger partial charge in [-0.05, 0) is 40.9 Å². The van der Waals surface area contributed by atoms with Crippen molar-refractivity contribution < 1.29 is 5.11 Å². The van der Waals surface area contributed by atoms with Gasteiger partial charge in [0.2, 0.25) is 0 Å². The molecule has 0 saturated heterocycles. The number of aryl methyl sites for hydroxylation is 1. The first-order valence-electron chi connectivity index (χ1n) is 6.07. The number of hydrogen-bond donors (Lipinski definition) is 1. The van der Waals surface area contributed by atoms with Crippen LogP contribution in [0.15, 0.2) is 52.3 Å². The average molecular weight is 333 g/mol. The third kappa shape index (κ3) is 2.34. The van der Waals surface area contributed by atoms with E-state index in [1.165, 1.54) is 10.3 Å². The second kappa shape index (κ2) is 5.08. The molecule has 2 aromatic carbocycles. The number of thiophene rings is 1. The van der Waals surface area contributed by atoms with Crippen LogP contribution in [-0.2, 0) is 0 Å². The highest BCUT2D eigenvalue weighted by Crippen LogP contribution is 2.36. The highest BCUT2D eigenvalue weighted by Gasteiger charge is 2.17. The van der Waals surface area contributed by atoms with E-state index in [4.69, 9.17) is 0 Å². The lowest BCUT2D eigenvalue weighted by Gasteiger charge is -2.13. The summed E-state index contributed by atoms with van der Waals surface area (Å²) in [6, 6.07) is 14.2. The SMILES string of the molecule is Cc1ccc(C(O)c2csc3ccccc23)c(Br)c1. The van der Waals surface area contributed by atoms with Crippen molar-refractivity contribution in [1.82, 2.24) is 0 Å². The molecule has 1 aromatic heterocycles. The number of fused-ring (bicyclic) bond motifs is 1. The summed E-state index contributed by atoms with van der Waals surface area (Å²) in [6.07, 6.45) is -0.592. The molecular weight excluding hydrogens is 320 g/mol. The molecule has 3 aromatic rings. The second-order valence-corrected chi connectivity index (χ2v) is 6.38. The Morgan fingerprint density at radius 2 is 1.89 bits per heavy atom. The van der Waals surface area contributed by atoms with Crippen LogP contribution in [-0.4, -0.2) is 5.11 Å². The number of aliphatic hydroxyl groups is 1. The van der Waals surface area contributed by atoms with E-state index in [0.717, 1.165) is 21.0 Å². The molecule has 0 aliphatic carbocycles. The van der Waals surface area contributed by atoms with Crippen LogP contribution in [0.3, 0.4) is 0 Å². The molecule has 0 amide bonds. The molecule has 3 rings (SSSR count). The molecule has 1 nitrogen and oxygen atoms in total. The van der Waals surface area contributed by atoms with E-state index < -0.39 is 6.10 Å². The lowest BCUT2D eigenvalue weighted by Crippen LogP contribution is -2.00. The minimum atomic E-state index is -0.592. The molecule has 0 fully saturated rings. The fraction of sp³-hybridized carbons (Fsp3) is 0.125. The monoisotopic (exact) mass is 332 g/mol. The van der Waals surface area contributed by atoms with Gasteiger partial charge in [-0.3, -0.25) is 0 Å². The summed E-state index contributed by atoms with van der Waals surface area (Å²) in [5.74, 6) is 0. The maximum Gasteiger partial charge on any atom is 0.107 e. The number of aliphatic hydroxyl groups excluding tert-OH is 1. The average Bonchev–Trinajstić information content (AvgIpc) is 2.82. The van der Waals surface area contributed by atoms with Gasteiger partial charge in [0, 0.05) is 14.7 Å². The summed E-state index contributed by atoms with van der Waals surface area (Å²) in [5.41, 5.74) is 3.07. The Hall–Kier alpha value is -1.16. The van der Waals surface area contributed by atoms with Crippen LogP contribution in [0, 0.1) is 6.92 Å². The summed E-state index contributed by atoms with van der Waals surface area (Å²) >= 11 is 5.21. The van der Waals surface area contributed by atoms with E-state index >= 15 is 0 Å². The van der Waals surface area contributed by atoms with Crippen molar-refractivity contribution in [1.29, 1.82) is 0 Å². The van der Waals surface area contributed by atoms with Crippen LogP contribution in [0.1, 0.15) is 22.8 Å². The summed E-state index contributed by atoms with van der Waals surface area (Å²) < 4.78 is 2.16. The molecule has 3 heteroatoms. The lowest BCUT2D eigenvalue weighted by molar-refractivity contribution is 0.221. The molecule has 1 unspecified atom stereocenters. The lowest BCUT2D eigenvalue weighted by atomic mass is 10.00. The van der Waals surface area contributed by atoms with Crippen LogP contribution in [0.4, 0.5) is 0 Å². The van der Waals surface area contributed by atoms with Crippen molar-refractivity contribution in [3.63, 3.8) is 0 Å². The topological polar surface area (TPSA) is 20.2 Å². The molecule has 19 heavy (non-hydrogen) atoms. The second-order valence-electron chi connectivity index (χ2n) is 4.61. The Labute approximate surface area is 124 Å². The molecule has 0 radical (unpaired) electrons. The van der Waals surface area contributed by atoms with Gasteiger partial charge >= 0.3 is 0 Å². The molecule has 96 valence electrons. The summed E-state index contributed by atoms with van der Waals surface area (Å²) in [7, 11) is 0. The maximum atomic E-state index is 10.6. The molecule has 0 spiro atoms. The van der Waals surface area contributed by atoms with Gasteiger partial charge in [0.25, 0.3) is 0 Å². The molecule has 0 bridgehead atoms. The molecule has 0 aliphatic rings. The van der Waals surface area contributed by atoms with Crippen molar-refractivity contribution >= 4 is 37.4 Å². The maximum absolute atomic E-state index is 10.6. The number of rotatable bonds is 2. The predicted molar refractivity (Wildman–Crippen MR) is 84.8 cm³/mol. The van der Waals surface area contributed by atoms with E-state index in [1.807, 2.05) is 42.6 Å². The first-order chi connectivity index (χ1) is 9.16. The molecule has 1 atom stereocenters. The Kier molecular flexibility index (Phi) is 3.44. The van der Waals surface area contributed by atoms with E-state index in [1.54, 1.807) is 11.3 Å². The van der Waals surface area contributed by atoms with Crippen LogP contribution in [0.5, 0.6) is 0 Å². The fourth-order valence-electron chi connectivity index (χ4n) is 2.23. The van der Waals surface area contributed by atoms with Gasteiger partial charge in [0.05, 0.1) is 0 Å². The molecule has 0 aliphatic heterocycles. The minimum absolute atomic E-state index is 0.592. The van der Waals surface area contributed by atoms with Gasteiger partial charge in [-0.25, -0.2) is 0 Å². The highest BCUT2D eigenvalue weighted by molar-refractivity contribution is 9.10. The molecule has 1 N–H and O–H groups in total. The van der Waals surface area contributed by atoms with Gasteiger partial charge in [-0.15, -0.1) is 11.3 Å². The van der Waals surface area contributed by atoms with Crippen molar-refractivity contribution in [2.75, 3.05) is 0 Å². The highest BCUT2D eigenvalue weighted by atomic mass is 79.9. The van der Waals surface area contributed by atoms with Crippen molar-refractivity contribution in [3.05, 3.63) is 69.0 Å². The predicted octanol–water partition coefficient (Wildman–Crippen LogP) is 5.05. The molecular formula is C16H13BrOS. The van der Waals surface area contributed by atoms with Crippen molar-refractivity contribution in [3.8, 4) is 0 Å². The first kappa shape index (κ1) is 12.9. The van der Waals surface area contributed by atoms with Crippen LogP contribution in [0.25, 0.3) is 10.1 Å². The van der Waals surface area contributed by atoms with Crippen LogP contribution >= 0.6 is 27.3 Å². The quantitative estimate of drug-likeness (QED) is 0.695. The third-order valence-corrected chi connectivity index (χ3v) is 4.92. The Balaban J connectivity index is 2.10. The molecule has 1 heterocycles. The van der Waals surface area contributed by atoms with Gasteiger partial charge in [0.15, 0.2) is 0 Å². The Morgan fingerprint density at radius 3 is 2.68 bits per heavy atom. The van der Waals surface area contributed by atoms with Gasteiger partial charge in [0.1, 0.15) is 6.10 Å². The van der Waals surface area contributed by atoms with Crippen LogP contribution in [0.2, 0.25) is 0 Å². The zero-order chi connectivity index (χ0) is 13.4. The van der Waals surface area contributed by atoms with E-state index in [2.05, 4.69) is 28.1 Å². The van der Waals surface area contributed by atoms with Crippen LogP contribution < -0.4 is 0 Å². The third-order valence-electron chi connectivity index (χ3n) is 3.26. The fourth-order valence-corrected chi connectivity index (χ4v) is 3.92. The normalized spacial score (nSPS) is 12.8. The number of benzene rings is 2. The smallest absolute Gasteiger partial charge is 0.107 e. The van der Waals surface area contributed by atoms with Gasteiger partial charge < -0.3 is 5.11 Å². The van der Waals surface area contributed by atoms with Gasteiger partial charge in [-0.1, -0.05) is 46.3 Å². The van der Waals surface area contributed by atoms with Gasteiger partial charge in [-0.2, -0.15) is 0 Å². The number of halogens is 1. The Bertz CT molecular complexity index is 732. The van der Waals surface area contributed by atoms with E-state index in [-0.39, 0.29) is 0 Å². The van der Waals surface area contributed by atoms with Crippen molar-refractivity contribution in [2.45, 2.75) is 13.0 Å². The zero-order valence-corrected chi connectivity index (χ0v) is 12.8. The van der Waals surface area contributed by atoms with E-state index in [9.17, 15) is 5.11 Å². The summed E-state index contributed by atoms with van der Waals surface area (Å²) in [5, 5.41) is 13.8. The summed E-state index contributed by atoms with van der Waals surface area (Å²) in [6.45, 7) is 2.04. The van der Waals surface area contributed by atoms with Crippen molar-refractivity contribution in [2.24, 2.45) is 0 Å². The zero-order valence-electron chi connectivity index (χ0n) is 10.4. The first-order valence-corrected chi connectivity index (χ1v) is 7.74. The summed E-state index contributed by atoms with van der Waals surface area (Å²) in [4.78, 5) is 0. The largest absolute Gasteiger partial charge is 0.384 e. The van der Waals surface area contributed by atoms with E-state index in [0.29, 0.717) is 0 Å². The number of hydrogen-bond acceptors (Lipinski definition) is 2. The minimum Gasteiger partial charge on any atom is -0.384 e. The Morgan fingerprint density at radius 1 is 1.11 bits per heavy atom. The molecule has 0 saturated carbocycles. The standard InChI is InChI=1S/C16H13BrOS/c1-10-6-7-12(14(17)8-10)16(18)13-9-19-15-5-3-2-4-11(13)15/h2-9,16,18H,1H3.